The van der Waals surface area contributed by atoms with Crippen molar-refractivity contribution in [2.75, 3.05) is 0 Å². The van der Waals surface area contributed by atoms with Gasteiger partial charge in [-0.05, 0) is 61.1 Å². The van der Waals surface area contributed by atoms with Crippen LogP contribution in [-0.2, 0) is 12.8 Å². The molecule has 152 valence electrons. The molecule has 0 spiro atoms. The standard InChI is InChI=1S/C25H34O3/c1-3-5-7-9-11-21-13-17-23(18-14-21)27-25(26)28-24-19-15-22(16-20-24)12-10-8-6-4-2/h13-20H,3-12H2,1-2H3. The predicted octanol–water partition coefficient (Wildman–Crippen LogP) is 7.51. The van der Waals surface area contributed by atoms with Crippen molar-refractivity contribution in [3.63, 3.8) is 0 Å². The summed E-state index contributed by atoms with van der Waals surface area (Å²) in [5, 5.41) is 0. The van der Waals surface area contributed by atoms with Gasteiger partial charge in [0, 0.05) is 0 Å². The maximum atomic E-state index is 12.0. The van der Waals surface area contributed by atoms with Crippen LogP contribution in [0, 0.1) is 0 Å². The predicted molar refractivity (Wildman–Crippen MR) is 115 cm³/mol. The van der Waals surface area contributed by atoms with Gasteiger partial charge < -0.3 is 9.47 Å². The van der Waals surface area contributed by atoms with Gasteiger partial charge in [-0.15, -0.1) is 0 Å². The van der Waals surface area contributed by atoms with Crippen LogP contribution in [0.3, 0.4) is 0 Å². The largest absolute Gasteiger partial charge is 0.519 e. The van der Waals surface area contributed by atoms with E-state index in [-0.39, 0.29) is 0 Å². The summed E-state index contributed by atoms with van der Waals surface area (Å²) in [6.07, 6.45) is 11.4. The molecule has 0 heterocycles. The molecule has 0 fully saturated rings. The van der Waals surface area contributed by atoms with Crippen molar-refractivity contribution < 1.29 is 14.3 Å². The molecule has 0 aliphatic carbocycles. The average Bonchev–Trinajstić information content (AvgIpc) is 2.71. The Balaban J connectivity index is 1.74. The molecule has 3 nitrogen and oxygen atoms in total. The number of unbranched alkanes of at least 4 members (excludes halogenated alkanes) is 6. The SMILES string of the molecule is CCCCCCc1ccc(OC(=O)Oc2ccc(CCCCCC)cc2)cc1. The van der Waals surface area contributed by atoms with Gasteiger partial charge in [-0.1, -0.05) is 76.6 Å². The van der Waals surface area contributed by atoms with E-state index >= 15 is 0 Å². The van der Waals surface area contributed by atoms with Crippen LogP contribution in [-0.4, -0.2) is 6.16 Å². The smallest absolute Gasteiger partial charge is 0.395 e. The molecule has 2 aromatic carbocycles. The van der Waals surface area contributed by atoms with Gasteiger partial charge >= 0.3 is 6.16 Å². The summed E-state index contributed by atoms with van der Waals surface area (Å²) < 4.78 is 10.6. The van der Waals surface area contributed by atoms with Crippen LogP contribution >= 0.6 is 0 Å². The number of benzene rings is 2. The first-order valence-electron chi connectivity index (χ1n) is 10.8. The van der Waals surface area contributed by atoms with Gasteiger partial charge in [0.25, 0.3) is 0 Å². The highest BCUT2D eigenvalue weighted by Crippen LogP contribution is 2.18. The first-order valence-corrected chi connectivity index (χ1v) is 10.8. The minimum absolute atomic E-state index is 0.509. The van der Waals surface area contributed by atoms with Gasteiger partial charge in [0.15, 0.2) is 0 Å². The fourth-order valence-corrected chi connectivity index (χ4v) is 3.17. The number of carbonyl (C=O) groups excluding carboxylic acids is 1. The van der Waals surface area contributed by atoms with Crippen LogP contribution in [0.1, 0.15) is 76.3 Å². The Morgan fingerprint density at radius 3 is 1.36 bits per heavy atom. The molecule has 2 rings (SSSR count). The minimum atomic E-state index is -0.702. The molecule has 0 unspecified atom stereocenters. The number of hydrogen-bond acceptors (Lipinski definition) is 3. The summed E-state index contributed by atoms with van der Waals surface area (Å²) >= 11 is 0. The van der Waals surface area contributed by atoms with Crippen LogP contribution in [0.4, 0.5) is 4.79 Å². The second-order valence-electron chi connectivity index (χ2n) is 7.36. The Morgan fingerprint density at radius 2 is 1.00 bits per heavy atom. The fourth-order valence-electron chi connectivity index (χ4n) is 3.17. The molecule has 0 radical (unpaired) electrons. The Bertz CT molecular complexity index is 614. The van der Waals surface area contributed by atoms with E-state index in [1.54, 1.807) is 0 Å². The van der Waals surface area contributed by atoms with Crippen molar-refractivity contribution in [3.8, 4) is 11.5 Å². The molecule has 0 amide bonds. The second kappa shape index (κ2) is 13.0. The molecule has 0 aliphatic rings. The Labute approximate surface area is 170 Å². The number of carbonyl (C=O) groups is 1. The Morgan fingerprint density at radius 1 is 0.607 bits per heavy atom. The van der Waals surface area contributed by atoms with E-state index in [1.807, 2.05) is 48.5 Å². The lowest BCUT2D eigenvalue weighted by Gasteiger charge is -2.07. The molecule has 0 bridgehead atoms. The maximum absolute atomic E-state index is 12.0. The van der Waals surface area contributed by atoms with Crippen molar-refractivity contribution >= 4 is 6.16 Å². The number of rotatable bonds is 12. The van der Waals surface area contributed by atoms with Gasteiger partial charge in [-0.3, -0.25) is 0 Å². The van der Waals surface area contributed by atoms with Gasteiger partial charge in [-0.25, -0.2) is 4.79 Å². The first-order chi connectivity index (χ1) is 13.7. The Hall–Kier alpha value is -2.29. The van der Waals surface area contributed by atoms with Crippen LogP contribution in [0.5, 0.6) is 11.5 Å². The van der Waals surface area contributed by atoms with Gasteiger partial charge in [0.2, 0.25) is 0 Å². The monoisotopic (exact) mass is 382 g/mol. The lowest BCUT2D eigenvalue weighted by molar-refractivity contribution is 0.152. The third-order valence-corrected chi connectivity index (χ3v) is 4.89. The lowest BCUT2D eigenvalue weighted by atomic mass is 10.1. The number of hydrogen-bond donors (Lipinski definition) is 0. The van der Waals surface area contributed by atoms with E-state index in [2.05, 4.69) is 13.8 Å². The number of ether oxygens (including phenoxy) is 2. The molecule has 0 atom stereocenters. The summed E-state index contributed by atoms with van der Waals surface area (Å²) in [5.74, 6) is 1.02. The summed E-state index contributed by atoms with van der Waals surface area (Å²) in [4.78, 5) is 12.0. The van der Waals surface area contributed by atoms with Crippen molar-refractivity contribution in [3.05, 3.63) is 59.7 Å². The van der Waals surface area contributed by atoms with E-state index < -0.39 is 6.16 Å². The zero-order valence-electron chi connectivity index (χ0n) is 17.4. The normalized spacial score (nSPS) is 10.6. The van der Waals surface area contributed by atoms with Crippen molar-refractivity contribution in [1.82, 2.24) is 0 Å². The number of aryl methyl sites for hydroxylation is 2. The minimum Gasteiger partial charge on any atom is -0.395 e. The summed E-state index contributed by atoms with van der Waals surface area (Å²) in [6, 6.07) is 15.4. The highest BCUT2D eigenvalue weighted by atomic mass is 16.7. The molecule has 3 heteroatoms. The van der Waals surface area contributed by atoms with Crippen LogP contribution in [0.2, 0.25) is 0 Å². The van der Waals surface area contributed by atoms with Gasteiger partial charge in [-0.2, -0.15) is 0 Å². The Kier molecular flexibility index (Phi) is 10.2. The topological polar surface area (TPSA) is 35.5 Å². The van der Waals surface area contributed by atoms with E-state index in [0.29, 0.717) is 11.5 Å². The summed E-state index contributed by atoms with van der Waals surface area (Å²) in [5.41, 5.74) is 2.54. The maximum Gasteiger partial charge on any atom is 0.519 e. The zero-order chi connectivity index (χ0) is 20.0. The molecule has 0 N–H and O–H groups in total. The highest BCUT2D eigenvalue weighted by Gasteiger charge is 2.08. The van der Waals surface area contributed by atoms with Crippen LogP contribution in [0.15, 0.2) is 48.5 Å². The van der Waals surface area contributed by atoms with E-state index in [0.717, 1.165) is 12.8 Å². The van der Waals surface area contributed by atoms with Crippen molar-refractivity contribution in [2.45, 2.75) is 78.1 Å². The molecule has 28 heavy (non-hydrogen) atoms. The van der Waals surface area contributed by atoms with E-state index in [4.69, 9.17) is 9.47 Å². The first kappa shape index (κ1) is 22.0. The van der Waals surface area contributed by atoms with Crippen LogP contribution in [0.25, 0.3) is 0 Å². The van der Waals surface area contributed by atoms with Gasteiger partial charge in [0.1, 0.15) is 11.5 Å². The molecule has 0 aromatic heterocycles. The third-order valence-electron chi connectivity index (χ3n) is 4.89. The second-order valence-corrected chi connectivity index (χ2v) is 7.36. The van der Waals surface area contributed by atoms with E-state index in [1.165, 1.54) is 62.5 Å². The van der Waals surface area contributed by atoms with Crippen molar-refractivity contribution in [2.24, 2.45) is 0 Å². The lowest BCUT2D eigenvalue weighted by Crippen LogP contribution is -2.13. The van der Waals surface area contributed by atoms with Gasteiger partial charge in [0.05, 0.1) is 0 Å². The average molecular weight is 383 g/mol. The van der Waals surface area contributed by atoms with Crippen LogP contribution < -0.4 is 9.47 Å². The molecular weight excluding hydrogens is 348 g/mol. The highest BCUT2D eigenvalue weighted by molar-refractivity contribution is 5.67. The molecule has 0 aliphatic heterocycles. The molecule has 0 saturated heterocycles. The fraction of sp³-hybridized carbons (Fsp3) is 0.480. The zero-order valence-corrected chi connectivity index (χ0v) is 17.4. The summed E-state index contributed by atoms with van der Waals surface area (Å²) in [6.45, 7) is 4.43. The quantitative estimate of drug-likeness (QED) is 0.216. The summed E-state index contributed by atoms with van der Waals surface area (Å²) in [7, 11) is 0. The van der Waals surface area contributed by atoms with E-state index in [9.17, 15) is 4.79 Å². The molecular formula is C25H34O3. The molecule has 0 saturated carbocycles. The molecule has 2 aromatic rings. The van der Waals surface area contributed by atoms with Crippen molar-refractivity contribution in [1.29, 1.82) is 0 Å². The third kappa shape index (κ3) is 8.60.